The fourth-order valence-corrected chi connectivity index (χ4v) is 2.63. The Bertz CT molecular complexity index is 992. The number of nitrogens with one attached hydrogen (secondary N) is 1. The molecule has 8 heteroatoms. The molecule has 0 saturated heterocycles. The normalized spacial score (nSPS) is 13.3. The number of pyridine rings is 1. The van der Waals surface area contributed by atoms with Crippen LogP contribution in [0.4, 0.5) is 0 Å². The van der Waals surface area contributed by atoms with Gasteiger partial charge in [0.25, 0.3) is 5.91 Å². The van der Waals surface area contributed by atoms with E-state index in [1.165, 1.54) is 11.6 Å². The van der Waals surface area contributed by atoms with Crippen molar-refractivity contribution in [3.8, 4) is 5.69 Å². The molecule has 2 heterocycles. The summed E-state index contributed by atoms with van der Waals surface area (Å²) in [6.45, 7) is 4.86. The molecule has 134 valence electrons. The monoisotopic (exact) mass is 353 g/mol. The van der Waals surface area contributed by atoms with Crippen LogP contribution in [0, 0.1) is 6.92 Å². The van der Waals surface area contributed by atoms with E-state index in [-0.39, 0.29) is 12.1 Å². The maximum Gasteiger partial charge on any atom is 0.329 e. The quantitative estimate of drug-likeness (QED) is 0.727. The predicted octanol–water partition coefficient (Wildman–Crippen LogP) is 2.11. The molecule has 0 aliphatic heterocycles. The first-order valence-electron chi connectivity index (χ1n) is 8.19. The standard InChI is InChI=1S/C18H19N5O3/c1-4-18(3,17(25)26)20-16(24)14-11(2)23(22-21-14)13-9-5-7-12-8-6-10-19-15(12)13/h5-10H,4H2,1-3H3,(H,20,24)(H,25,26). The van der Waals surface area contributed by atoms with Crippen LogP contribution in [0.15, 0.2) is 36.5 Å². The van der Waals surface area contributed by atoms with E-state index in [9.17, 15) is 14.7 Å². The first-order chi connectivity index (χ1) is 12.4. The lowest BCUT2D eigenvalue weighted by atomic mass is 9.99. The molecule has 0 saturated carbocycles. The molecule has 0 radical (unpaired) electrons. The van der Waals surface area contributed by atoms with Crippen LogP contribution in [0.2, 0.25) is 0 Å². The summed E-state index contributed by atoms with van der Waals surface area (Å²) in [7, 11) is 0. The minimum Gasteiger partial charge on any atom is -0.480 e. The maximum absolute atomic E-state index is 12.5. The highest BCUT2D eigenvalue weighted by atomic mass is 16.4. The minimum absolute atomic E-state index is 0.0823. The van der Waals surface area contributed by atoms with Crippen molar-refractivity contribution in [1.82, 2.24) is 25.3 Å². The van der Waals surface area contributed by atoms with E-state index < -0.39 is 17.4 Å². The SMILES string of the molecule is CCC(C)(NC(=O)c1nnn(-c2cccc3cccnc23)c1C)C(=O)O. The third kappa shape index (κ3) is 2.90. The van der Waals surface area contributed by atoms with Crippen molar-refractivity contribution in [3.05, 3.63) is 47.9 Å². The molecule has 3 rings (SSSR count). The zero-order chi connectivity index (χ0) is 18.9. The van der Waals surface area contributed by atoms with Crippen LogP contribution >= 0.6 is 0 Å². The Balaban J connectivity index is 2.00. The van der Waals surface area contributed by atoms with Crippen molar-refractivity contribution in [3.63, 3.8) is 0 Å². The Morgan fingerprint density at radius 2 is 2.00 bits per heavy atom. The number of aromatic nitrogens is 4. The van der Waals surface area contributed by atoms with Crippen LogP contribution < -0.4 is 5.32 Å². The third-order valence-corrected chi connectivity index (χ3v) is 4.52. The fraction of sp³-hybridized carbons (Fsp3) is 0.278. The summed E-state index contributed by atoms with van der Waals surface area (Å²) in [5, 5.41) is 20.8. The highest BCUT2D eigenvalue weighted by Gasteiger charge is 2.34. The summed E-state index contributed by atoms with van der Waals surface area (Å²) >= 11 is 0. The number of rotatable bonds is 5. The van der Waals surface area contributed by atoms with E-state index in [0.29, 0.717) is 11.4 Å². The van der Waals surface area contributed by atoms with Crippen LogP contribution in [-0.4, -0.2) is 42.5 Å². The number of hydrogen-bond acceptors (Lipinski definition) is 5. The average Bonchev–Trinajstić information content (AvgIpc) is 3.02. The summed E-state index contributed by atoms with van der Waals surface area (Å²) in [6.07, 6.45) is 1.93. The van der Waals surface area contributed by atoms with Gasteiger partial charge in [0.05, 0.1) is 16.9 Å². The third-order valence-electron chi connectivity index (χ3n) is 4.52. The van der Waals surface area contributed by atoms with E-state index in [1.54, 1.807) is 20.0 Å². The van der Waals surface area contributed by atoms with Crippen LogP contribution in [0.5, 0.6) is 0 Å². The number of aliphatic carboxylic acids is 1. The van der Waals surface area contributed by atoms with Gasteiger partial charge < -0.3 is 10.4 Å². The molecule has 2 N–H and O–H groups in total. The van der Waals surface area contributed by atoms with Gasteiger partial charge in [-0.25, -0.2) is 9.48 Å². The van der Waals surface area contributed by atoms with Crippen molar-refractivity contribution in [2.24, 2.45) is 0 Å². The molecular formula is C18H19N5O3. The zero-order valence-electron chi connectivity index (χ0n) is 14.7. The summed E-state index contributed by atoms with van der Waals surface area (Å²) in [5.74, 6) is -1.68. The second kappa shape index (κ2) is 6.55. The molecule has 1 unspecified atom stereocenters. The molecule has 0 aliphatic rings. The van der Waals surface area contributed by atoms with Gasteiger partial charge in [-0.15, -0.1) is 5.10 Å². The Hall–Kier alpha value is -3.29. The second-order valence-corrected chi connectivity index (χ2v) is 6.23. The summed E-state index contributed by atoms with van der Waals surface area (Å²) in [5.41, 5.74) is 0.653. The van der Waals surface area contributed by atoms with E-state index in [2.05, 4.69) is 20.6 Å². The molecule has 0 aliphatic carbocycles. The fourth-order valence-electron chi connectivity index (χ4n) is 2.63. The van der Waals surface area contributed by atoms with Gasteiger partial charge in [-0.1, -0.05) is 30.3 Å². The number of benzene rings is 1. The number of para-hydroxylation sites is 1. The van der Waals surface area contributed by atoms with E-state index in [0.717, 1.165) is 10.9 Å². The number of hydrogen-bond donors (Lipinski definition) is 2. The smallest absolute Gasteiger partial charge is 0.329 e. The number of amides is 1. The number of fused-ring (bicyclic) bond motifs is 1. The van der Waals surface area contributed by atoms with Gasteiger partial charge in [0.1, 0.15) is 5.54 Å². The van der Waals surface area contributed by atoms with Gasteiger partial charge >= 0.3 is 5.97 Å². The van der Waals surface area contributed by atoms with Gasteiger partial charge in [0, 0.05) is 11.6 Å². The number of nitrogens with zero attached hydrogens (tertiary/aromatic N) is 4. The Kier molecular flexibility index (Phi) is 4.41. The van der Waals surface area contributed by atoms with Crippen molar-refractivity contribution in [2.75, 3.05) is 0 Å². The van der Waals surface area contributed by atoms with Crippen LogP contribution in [0.1, 0.15) is 36.5 Å². The molecule has 3 aromatic rings. The lowest BCUT2D eigenvalue weighted by molar-refractivity contribution is -0.143. The van der Waals surface area contributed by atoms with E-state index in [4.69, 9.17) is 0 Å². The second-order valence-electron chi connectivity index (χ2n) is 6.23. The first kappa shape index (κ1) is 17.5. The van der Waals surface area contributed by atoms with Crippen molar-refractivity contribution in [2.45, 2.75) is 32.7 Å². The van der Waals surface area contributed by atoms with E-state index in [1.807, 2.05) is 30.3 Å². The maximum atomic E-state index is 12.5. The minimum atomic E-state index is -1.37. The molecule has 1 amide bonds. The first-order valence-corrected chi connectivity index (χ1v) is 8.19. The van der Waals surface area contributed by atoms with Crippen LogP contribution in [0.25, 0.3) is 16.6 Å². The molecule has 0 spiro atoms. The van der Waals surface area contributed by atoms with Gasteiger partial charge in [-0.05, 0) is 32.4 Å². The van der Waals surface area contributed by atoms with Gasteiger partial charge in [-0.3, -0.25) is 9.78 Å². The lowest BCUT2D eigenvalue weighted by Gasteiger charge is -2.24. The highest BCUT2D eigenvalue weighted by molar-refractivity contribution is 5.97. The average molecular weight is 353 g/mol. The van der Waals surface area contributed by atoms with Crippen LogP contribution in [0.3, 0.4) is 0 Å². The topological polar surface area (TPSA) is 110 Å². The number of carboxylic acids is 1. The molecule has 2 aromatic heterocycles. The number of carbonyl (C=O) groups is 2. The highest BCUT2D eigenvalue weighted by Crippen LogP contribution is 2.21. The molecule has 8 nitrogen and oxygen atoms in total. The molecule has 0 bridgehead atoms. The van der Waals surface area contributed by atoms with Gasteiger partial charge in [0.2, 0.25) is 0 Å². The van der Waals surface area contributed by atoms with Gasteiger partial charge in [-0.2, -0.15) is 0 Å². The Labute approximate surface area is 149 Å². The predicted molar refractivity (Wildman–Crippen MR) is 95.2 cm³/mol. The number of carboxylic acid groups (broad SMARTS) is 1. The largest absolute Gasteiger partial charge is 0.480 e. The number of carbonyl (C=O) groups excluding carboxylic acids is 1. The van der Waals surface area contributed by atoms with Gasteiger partial charge in [0.15, 0.2) is 5.69 Å². The van der Waals surface area contributed by atoms with Crippen LogP contribution in [-0.2, 0) is 4.79 Å². The van der Waals surface area contributed by atoms with Crippen molar-refractivity contribution in [1.29, 1.82) is 0 Å². The van der Waals surface area contributed by atoms with Crippen molar-refractivity contribution < 1.29 is 14.7 Å². The molecular weight excluding hydrogens is 334 g/mol. The van der Waals surface area contributed by atoms with Crippen molar-refractivity contribution >= 4 is 22.8 Å². The molecule has 0 fully saturated rings. The Morgan fingerprint density at radius 3 is 2.69 bits per heavy atom. The summed E-state index contributed by atoms with van der Waals surface area (Å²) < 4.78 is 1.54. The summed E-state index contributed by atoms with van der Waals surface area (Å²) in [4.78, 5) is 28.3. The zero-order valence-corrected chi connectivity index (χ0v) is 14.7. The Morgan fingerprint density at radius 1 is 1.27 bits per heavy atom. The lowest BCUT2D eigenvalue weighted by Crippen LogP contribution is -2.51. The summed E-state index contributed by atoms with van der Waals surface area (Å²) in [6, 6.07) is 9.43. The van der Waals surface area contributed by atoms with E-state index >= 15 is 0 Å². The molecule has 1 aromatic carbocycles. The molecule has 1 atom stereocenters. The molecule has 26 heavy (non-hydrogen) atoms.